The van der Waals surface area contributed by atoms with Gasteiger partial charge in [0.05, 0.1) is 23.8 Å². The molecule has 0 aliphatic heterocycles. The number of hydrogen-bond acceptors (Lipinski definition) is 8. The molecule has 274 valence electrons. The van der Waals surface area contributed by atoms with Gasteiger partial charge in [0, 0.05) is 39.8 Å². The molecule has 8 N–H and O–H groups in total. The number of rotatable bonds is 10. The number of aromatic carboxylic acids is 1. The molecule has 2 aliphatic rings. The number of aryl methyl sites for hydroxylation is 2. The number of hydrogen-bond donors (Lipinski definition) is 6. The smallest absolute Gasteiger partial charge is 0.341 e. The molecule has 0 spiro atoms. The number of aromatic nitrogens is 4. The van der Waals surface area contributed by atoms with Crippen LogP contribution in [0.15, 0.2) is 67.0 Å². The topological polar surface area (TPSA) is 212 Å². The van der Waals surface area contributed by atoms with Crippen molar-refractivity contribution in [2.75, 3.05) is 11.5 Å². The Morgan fingerprint density at radius 1 is 0.736 bits per heavy atom. The Hall–Kier alpha value is -5.86. The summed E-state index contributed by atoms with van der Waals surface area (Å²) in [7, 11) is 0. The molecule has 3 amide bonds. The van der Waals surface area contributed by atoms with Gasteiger partial charge in [-0.2, -0.15) is 10.2 Å². The molecule has 16 heteroatoms. The van der Waals surface area contributed by atoms with Crippen LogP contribution in [-0.4, -0.2) is 60.4 Å². The molecule has 2 heterocycles. The number of anilines is 2. The van der Waals surface area contributed by atoms with E-state index in [0.29, 0.717) is 32.5 Å². The van der Waals surface area contributed by atoms with E-state index in [0.717, 1.165) is 42.4 Å². The maximum atomic E-state index is 12.7. The minimum Gasteiger partial charge on any atom is -0.477 e. The zero-order valence-electron chi connectivity index (χ0n) is 28.8. The van der Waals surface area contributed by atoms with E-state index in [4.69, 9.17) is 39.8 Å². The van der Waals surface area contributed by atoms with Gasteiger partial charge in [0.25, 0.3) is 17.7 Å². The zero-order chi connectivity index (χ0) is 38.0. The SMILES string of the molecule is Cc1ccc(C(=O)NC2CC2)cc1-n1ncc(C(=O)NCc2ccc(Cl)cc2Cl)c1N.Cc1ccc(C(=O)NC2CC2)cc1-n1ncc(C(=O)O)c1N. The van der Waals surface area contributed by atoms with Crippen LogP contribution in [0.2, 0.25) is 10.0 Å². The molecule has 0 bridgehead atoms. The third-order valence-corrected chi connectivity index (χ3v) is 9.35. The third kappa shape index (κ3) is 8.62. The van der Waals surface area contributed by atoms with Crippen LogP contribution in [0.25, 0.3) is 11.4 Å². The van der Waals surface area contributed by atoms with Crippen LogP contribution >= 0.6 is 23.2 Å². The van der Waals surface area contributed by atoms with Crippen LogP contribution in [0.4, 0.5) is 11.6 Å². The van der Waals surface area contributed by atoms with E-state index >= 15 is 0 Å². The van der Waals surface area contributed by atoms with Crippen LogP contribution < -0.4 is 27.4 Å². The molecule has 53 heavy (non-hydrogen) atoms. The molecule has 0 atom stereocenters. The number of nitrogens with two attached hydrogens (primary N) is 2. The van der Waals surface area contributed by atoms with E-state index in [1.807, 2.05) is 19.9 Å². The summed E-state index contributed by atoms with van der Waals surface area (Å²) in [5, 5.41) is 27.0. The molecule has 14 nitrogen and oxygen atoms in total. The van der Waals surface area contributed by atoms with Crippen LogP contribution in [0.3, 0.4) is 0 Å². The van der Waals surface area contributed by atoms with Gasteiger partial charge < -0.3 is 32.5 Å². The molecule has 2 saturated carbocycles. The lowest BCUT2D eigenvalue weighted by molar-refractivity contribution is 0.0697. The zero-order valence-corrected chi connectivity index (χ0v) is 30.3. The quantitative estimate of drug-likeness (QED) is 0.110. The summed E-state index contributed by atoms with van der Waals surface area (Å²) in [6.45, 7) is 3.95. The average Bonchev–Trinajstić information content (AvgIpc) is 4.05. The predicted molar refractivity (Wildman–Crippen MR) is 201 cm³/mol. The average molecular weight is 759 g/mol. The first-order chi connectivity index (χ1) is 25.3. The molecule has 2 aliphatic carbocycles. The Kier molecular flexibility index (Phi) is 10.7. The van der Waals surface area contributed by atoms with Crippen molar-refractivity contribution in [1.82, 2.24) is 35.5 Å². The van der Waals surface area contributed by atoms with Gasteiger partial charge in [-0.15, -0.1) is 0 Å². The number of benzene rings is 3. The van der Waals surface area contributed by atoms with E-state index in [1.165, 1.54) is 21.8 Å². The maximum Gasteiger partial charge on any atom is 0.341 e. The third-order valence-electron chi connectivity index (χ3n) is 8.77. The van der Waals surface area contributed by atoms with Crippen molar-refractivity contribution in [2.45, 2.75) is 58.2 Å². The van der Waals surface area contributed by atoms with Gasteiger partial charge in [0.1, 0.15) is 22.8 Å². The first-order valence-corrected chi connectivity index (χ1v) is 17.5. The summed E-state index contributed by atoms with van der Waals surface area (Å²) >= 11 is 12.1. The number of carbonyl (C=O) groups is 4. The molecular formula is C37H37Cl2N9O5. The lowest BCUT2D eigenvalue weighted by Gasteiger charge is -2.11. The van der Waals surface area contributed by atoms with Crippen LogP contribution in [0.1, 0.15) is 83.8 Å². The van der Waals surface area contributed by atoms with Gasteiger partial charge >= 0.3 is 5.97 Å². The highest BCUT2D eigenvalue weighted by atomic mass is 35.5. The molecule has 2 aromatic heterocycles. The highest BCUT2D eigenvalue weighted by Gasteiger charge is 2.26. The van der Waals surface area contributed by atoms with Crippen molar-refractivity contribution >= 4 is 58.5 Å². The Balaban J connectivity index is 0.000000192. The fourth-order valence-corrected chi connectivity index (χ4v) is 5.80. The molecule has 3 aromatic carbocycles. The van der Waals surface area contributed by atoms with Crippen molar-refractivity contribution in [3.05, 3.63) is 116 Å². The fourth-order valence-electron chi connectivity index (χ4n) is 5.33. The largest absolute Gasteiger partial charge is 0.477 e. The monoisotopic (exact) mass is 757 g/mol. The standard InChI is InChI=1S/C22H21Cl2N5O2.C15H16N4O3/c1-12-2-3-13(21(30)28-16-6-7-16)8-19(12)29-20(25)17(11-27-29)22(31)26-10-14-4-5-15(23)9-18(14)24;1-8-2-3-9(14(20)18-10-4-5-10)6-12(8)19-13(16)11(7-17-19)15(21)22/h2-5,8-9,11,16H,6-7,10,25H2,1H3,(H,26,31)(H,28,30);2-3,6-7,10H,4-5,16H2,1H3,(H,18,20)(H,21,22). The summed E-state index contributed by atoms with van der Waals surface area (Å²) in [5.41, 5.74) is 16.9. The summed E-state index contributed by atoms with van der Waals surface area (Å²) in [6.07, 6.45) is 6.65. The Labute approximate surface area is 314 Å². The number of carboxylic acid groups (broad SMARTS) is 1. The number of nitrogens with one attached hydrogen (secondary N) is 3. The van der Waals surface area contributed by atoms with Crippen molar-refractivity contribution in [3.63, 3.8) is 0 Å². The van der Waals surface area contributed by atoms with E-state index in [9.17, 15) is 19.2 Å². The number of nitrogen functional groups attached to an aromatic ring is 2. The van der Waals surface area contributed by atoms with Crippen molar-refractivity contribution < 1.29 is 24.3 Å². The van der Waals surface area contributed by atoms with Crippen LogP contribution in [-0.2, 0) is 6.54 Å². The number of carboxylic acids is 1. The van der Waals surface area contributed by atoms with Gasteiger partial charge in [-0.1, -0.05) is 41.4 Å². The van der Waals surface area contributed by atoms with Gasteiger partial charge in [-0.3, -0.25) is 14.4 Å². The number of amides is 3. The van der Waals surface area contributed by atoms with Crippen molar-refractivity contribution in [2.24, 2.45) is 0 Å². The summed E-state index contributed by atoms with van der Waals surface area (Å²) in [6, 6.07) is 16.1. The minimum absolute atomic E-state index is 0.0374. The number of nitrogens with zero attached hydrogens (tertiary/aromatic N) is 4. The first-order valence-electron chi connectivity index (χ1n) is 16.8. The Bertz CT molecular complexity index is 2240. The molecule has 0 saturated heterocycles. The second-order valence-electron chi connectivity index (χ2n) is 12.9. The highest BCUT2D eigenvalue weighted by molar-refractivity contribution is 6.35. The first kappa shape index (κ1) is 36.9. The van der Waals surface area contributed by atoms with Gasteiger partial charge in [0.15, 0.2) is 0 Å². The van der Waals surface area contributed by atoms with Crippen LogP contribution in [0, 0.1) is 13.8 Å². The Morgan fingerprint density at radius 3 is 1.68 bits per heavy atom. The van der Waals surface area contributed by atoms with Gasteiger partial charge in [0.2, 0.25) is 0 Å². The normalized spacial score (nSPS) is 13.4. The molecule has 2 fully saturated rings. The summed E-state index contributed by atoms with van der Waals surface area (Å²) < 4.78 is 2.81. The second-order valence-corrected chi connectivity index (χ2v) is 13.8. The van der Waals surface area contributed by atoms with E-state index in [1.54, 1.807) is 48.5 Å². The lowest BCUT2D eigenvalue weighted by Crippen LogP contribution is -2.25. The summed E-state index contributed by atoms with van der Waals surface area (Å²) in [5.74, 6) is -1.57. The Morgan fingerprint density at radius 2 is 1.23 bits per heavy atom. The molecule has 0 radical (unpaired) electrons. The predicted octanol–water partition coefficient (Wildman–Crippen LogP) is 5.25. The van der Waals surface area contributed by atoms with E-state index in [-0.39, 0.29) is 59.1 Å². The minimum atomic E-state index is -1.14. The fraction of sp³-hybridized carbons (Fsp3) is 0.243. The maximum absolute atomic E-state index is 12.7. The van der Waals surface area contributed by atoms with Crippen molar-refractivity contribution in [1.29, 1.82) is 0 Å². The van der Waals surface area contributed by atoms with Gasteiger partial charge in [-0.25, -0.2) is 14.2 Å². The van der Waals surface area contributed by atoms with Crippen LogP contribution in [0.5, 0.6) is 0 Å². The van der Waals surface area contributed by atoms with Crippen molar-refractivity contribution in [3.8, 4) is 11.4 Å². The van der Waals surface area contributed by atoms with E-state index in [2.05, 4.69) is 26.1 Å². The number of halogens is 2. The summed E-state index contributed by atoms with van der Waals surface area (Å²) in [4.78, 5) is 48.3. The molecular weight excluding hydrogens is 721 g/mol. The molecule has 0 unspecified atom stereocenters. The number of carbonyl (C=O) groups excluding carboxylic acids is 3. The second kappa shape index (κ2) is 15.4. The molecule has 7 rings (SSSR count). The lowest BCUT2D eigenvalue weighted by atomic mass is 10.1. The molecule has 5 aromatic rings. The van der Waals surface area contributed by atoms with Gasteiger partial charge in [-0.05, 0) is 92.6 Å². The van der Waals surface area contributed by atoms with E-state index < -0.39 is 5.97 Å². The highest BCUT2D eigenvalue weighted by Crippen LogP contribution is 2.26.